The highest BCUT2D eigenvalue weighted by molar-refractivity contribution is 6.30. The van der Waals surface area contributed by atoms with E-state index in [1.54, 1.807) is 6.07 Å². The lowest BCUT2D eigenvalue weighted by Crippen LogP contribution is -2.12. The summed E-state index contributed by atoms with van der Waals surface area (Å²) in [5.74, 6) is 0.285. The molecule has 0 spiro atoms. The minimum Gasteiger partial charge on any atom is -0.467 e. The topological polar surface area (TPSA) is 51.5 Å². The smallest absolute Gasteiger partial charge is 0.341 e. The standard InChI is InChI=1S/C14H14ClNO3/c1-18-14(17)11-6-13(19-9-11)8-16-7-10-3-2-4-12(15)5-10/h2-6,9,16H,7-8H2,1H3. The van der Waals surface area contributed by atoms with Crippen LogP contribution in [-0.2, 0) is 17.8 Å². The zero-order valence-electron chi connectivity index (χ0n) is 10.5. The molecule has 0 aliphatic rings. The number of carbonyl (C=O) groups excluding carboxylic acids is 1. The van der Waals surface area contributed by atoms with Crippen molar-refractivity contribution in [3.05, 3.63) is 58.5 Å². The van der Waals surface area contributed by atoms with Gasteiger partial charge in [-0.2, -0.15) is 0 Å². The number of carbonyl (C=O) groups is 1. The summed E-state index contributed by atoms with van der Waals surface area (Å²) in [6, 6.07) is 9.29. The van der Waals surface area contributed by atoms with Crippen molar-refractivity contribution in [2.45, 2.75) is 13.1 Å². The average molecular weight is 280 g/mol. The van der Waals surface area contributed by atoms with Crippen LogP contribution < -0.4 is 5.32 Å². The number of rotatable bonds is 5. The summed E-state index contributed by atoms with van der Waals surface area (Å²) in [5.41, 5.74) is 1.51. The third-order valence-corrected chi connectivity index (χ3v) is 2.83. The molecule has 0 fully saturated rings. The molecule has 0 amide bonds. The van der Waals surface area contributed by atoms with Crippen LogP contribution in [0.5, 0.6) is 0 Å². The Kier molecular flexibility index (Phi) is 4.60. The molecule has 0 bridgehead atoms. The molecule has 2 rings (SSSR count). The van der Waals surface area contributed by atoms with Gasteiger partial charge in [-0.05, 0) is 23.8 Å². The molecule has 2 aromatic rings. The van der Waals surface area contributed by atoms with Crippen molar-refractivity contribution in [2.75, 3.05) is 7.11 Å². The number of esters is 1. The zero-order valence-corrected chi connectivity index (χ0v) is 11.2. The maximum absolute atomic E-state index is 11.2. The van der Waals surface area contributed by atoms with Crippen molar-refractivity contribution >= 4 is 17.6 Å². The molecule has 100 valence electrons. The molecule has 1 aromatic carbocycles. The first-order valence-corrected chi connectivity index (χ1v) is 6.17. The summed E-state index contributed by atoms with van der Waals surface area (Å²) in [6.45, 7) is 1.21. The normalized spacial score (nSPS) is 10.4. The number of furan rings is 1. The van der Waals surface area contributed by atoms with E-state index in [0.29, 0.717) is 29.4 Å². The monoisotopic (exact) mass is 279 g/mol. The second kappa shape index (κ2) is 6.41. The highest BCUT2D eigenvalue weighted by atomic mass is 35.5. The SMILES string of the molecule is COC(=O)c1coc(CNCc2cccc(Cl)c2)c1. The minimum absolute atomic E-state index is 0.398. The molecule has 0 radical (unpaired) electrons. The minimum atomic E-state index is -0.398. The number of hydrogen-bond acceptors (Lipinski definition) is 4. The molecule has 1 aromatic heterocycles. The van der Waals surface area contributed by atoms with Crippen molar-refractivity contribution in [2.24, 2.45) is 0 Å². The molecule has 0 aliphatic heterocycles. The number of nitrogens with one attached hydrogen (secondary N) is 1. The van der Waals surface area contributed by atoms with Gasteiger partial charge in [-0.15, -0.1) is 0 Å². The van der Waals surface area contributed by atoms with E-state index in [1.165, 1.54) is 13.4 Å². The Labute approximate surface area is 116 Å². The van der Waals surface area contributed by atoms with Crippen molar-refractivity contribution in [3.8, 4) is 0 Å². The predicted molar refractivity (Wildman–Crippen MR) is 72.0 cm³/mol. The molecule has 19 heavy (non-hydrogen) atoms. The van der Waals surface area contributed by atoms with Crippen molar-refractivity contribution in [3.63, 3.8) is 0 Å². The molecule has 0 unspecified atom stereocenters. The fraction of sp³-hybridized carbons (Fsp3) is 0.214. The number of ether oxygens (including phenoxy) is 1. The highest BCUT2D eigenvalue weighted by Gasteiger charge is 2.09. The fourth-order valence-electron chi connectivity index (χ4n) is 1.68. The van der Waals surface area contributed by atoms with Gasteiger partial charge in [-0.3, -0.25) is 0 Å². The lowest BCUT2D eigenvalue weighted by molar-refractivity contribution is 0.0600. The molecular weight excluding hydrogens is 266 g/mol. The molecular formula is C14H14ClNO3. The number of methoxy groups -OCH3 is 1. The summed E-state index contributed by atoms with van der Waals surface area (Å²) in [5, 5.41) is 3.92. The molecule has 1 heterocycles. The third kappa shape index (κ3) is 3.84. The fourth-order valence-corrected chi connectivity index (χ4v) is 1.89. The van der Waals surface area contributed by atoms with Gasteiger partial charge in [0, 0.05) is 11.6 Å². The lowest BCUT2D eigenvalue weighted by Gasteiger charge is -2.03. The maximum Gasteiger partial charge on any atom is 0.341 e. The van der Waals surface area contributed by atoms with Gasteiger partial charge in [0.2, 0.25) is 0 Å². The summed E-state index contributed by atoms with van der Waals surface area (Å²) >= 11 is 5.90. The van der Waals surface area contributed by atoms with Crippen molar-refractivity contribution < 1.29 is 13.9 Å². The Hall–Kier alpha value is -1.78. The number of hydrogen-bond donors (Lipinski definition) is 1. The van der Waals surface area contributed by atoms with Crippen LogP contribution in [0.15, 0.2) is 41.0 Å². The quantitative estimate of drug-likeness (QED) is 0.855. The third-order valence-electron chi connectivity index (χ3n) is 2.59. The Balaban J connectivity index is 1.86. The predicted octanol–water partition coefficient (Wildman–Crippen LogP) is 3.01. The van der Waals surface area contributed by atoms with Gasteiger partial charge in [-0.25, -0.2) is 4.79 Å². The second-order valence-corrected chi connectivity index (χ2v) is 4.46. The van der Waals surface area contributed by atoms with E-state index in [2.05, 4.69) is 10.1 Å². The molecule has 0 aliphatic carbocycles. The molecule has 0 saturated heterocycles. The zero-order chi connectivity index (χ0) is 13.7. The average Bonchev–Trinajstić information content (AvgIpc) is 2.87. The van der Waals surface area contributed by atoms with E-state index >= 15 is 0 Å². The van der Waals surface area contributed by atoms with E-state index < -0.39 is 5.97 Å². The van der Waals surface area contributed by atoms with Gasteiger partial charge >= 0.3 is 5.97 Å². The first-order valence-electron chi connectivity index (χ1n) is 5.80. The molecule has 5 heteroatoms. The summed E-state index contributed by atoms with van der Waals surface area (Å²) in [7, 11) is 1.34. The Morgan fingerprint density at radius 3 is 2.95 bits per heavy atom. The molecule has 4 nitrogen and oxygen atoms in total. The van der Waals surface area contributed by atoms with Gasteiger partial charge in [-0.1, -0.05) is 23.7 Å². The van der Waals surface area contributed by atoms with E-state index in [4.69, 9.17) is 16.0 Å². The Bertz CT molecular complexity index is 565. The number of halogens is 1. The summed E-state index contributed by atoms with van der Waals surface area (Å²) in [6.07, 6.45) is 1.39. The highest BCUT2D eigenvalue weighted by Crippen LogP contribution is 2.11. The largest absolute Gasteiger partial charge is 0.467 e. The van der Waals surface area contributed by atoms with E-state index in [-0.39, 0.29) is 0 Å². The second-order valence-electron chi connectivity index (χ2n) is 4.03. The van der Waals surface area contributed by atoms with Crippen molar-refractivity contribution in [1.82, 2.24) is 5.32 Å². The van der Waals surface area contributed by atoms with Crippen LogP contribution >= 0.6 is 11.6 Å². The van der Waals surface area contributed by atoms with Crippen LogP contribution in [0.1, 0.15) is 21.7 Å². The van der Waals surface area contributed by atoms with Crippen LogP contribution in [0.25, 0.3) is 0 Å². The van der Waals surface area contributed by atoms with Crippen molar-refractivity contribution in [1.29, 1.82) is 0 Å². The van der Waals surface area contributed by atoms with E-state index in [9.17, 15) is 4.79 Å². The van der Waals surface area contributed by atoms with E-state index in [1.807, 2.05) is 24.3 Å². The summed E-state index contributed by atoms with van der Waals surface area (Å²) in [4.78, 5) is 11.2. The van der Waals surface area contributed by atoms with Crippen LogP contribution in [0.4, 0.5) is 0 Å². The molecule has 0 saturated carbocycles. The maximum atomic E-state index is 11.2. The molecule has 1 N–H and O–H groups in total. The van der Waals surface area contributed by atoms with Crippen LogP contribution in [0.2, 0.25) is 5.02 Å². The van der Waals surface area contributed by atoms with Crippen LogP contribution in [0, 0.1) is 0 Å². The van der Waals surface area contributed by atoms with Gasteiger partial charge in [0.15, 0.2) is 0 Å². The van der Waals surface area contributed by atoms with E-state index in [0.717, 1.165) is 5.56 Å². The van der Waals surface area contributed by atoms with Gasteiger partial charge in [0.1, 0.15) is 12.0 Å². The number of benzene rings is 1. The van der Waals surface area contributed by atoms with Crippen LogP contribution in [0.3, 0.4) is 0 Å². The van der Waals surface area contributed by atoms with Crippen LogP contribution in [-0.4, -0.2) is 13.1 Å². The first kappa shape index (κ1) is 13.6. The van der Waals surface area contributed by atoms with Gasteiger partial charge in [0.25, 0.3) is 0 Å². The summed E-state index contributed by atoms with van der Waals surface area (Å²) < 4.78 is 9.86. The van der Waals surface area contributed by atoms with Gasteiger partial charge < -0.3 is 14.5 Å². The first-order chi connectivity index (χ1) is 9.19. The van der Waals surface area contributed by atoms with Gasteiger partial charge in [0.05, 0.1) is 19.2 Å². The lowest BCUT2D eigenvalue weighted by atomic mass is 10.2. The Morgan fingerprint density at radius 1 is 1.37 bits per heavy atom. The molecule has 0 atom stereocenters. The Morgan fingerprint density at radius 2 is 2.21 bits per heavy atom.